The molecule has 4 rings (SSSR count). The molecule has 6 nitrogen and oxygen atoms in total. The molecule has 1 aromatic carbocycles. The lowest BCUT2D eigenvalue weighted by molar-refractivity contribution is 0.0399. The van der Waals surface area contributed by atoms with Gasteiger partial charge in [-0.05, 0) is 25.0 Å². The molecule has 112 valence electrons. The van der Waals surface area contributed by atoms with Crippen molar-refractivity contribution in [2.24, 2.45) is 5.73 Å². The van der Waals surface area contributed by atoms with E-state index in [9.17, 15) is 9.59 Å². The summed E-state index contributed by atoms with van der Waals surface area (Å²) in [4.78, 5) is 31.7. The number of nitrogen functional groups attached to an aromatic ring is 1. The third-order valence-corrected chi connectivity index (χ3v) is 5.22. The minimum atomic E-state index is -1.01. The van der Waals surface area contributed by atoms with Crippen LogP contribution in [0.2, 0.25) is 0 Å². The Kier molecular flexibility index (Phi) is 2.67. The number of fused-ring (bicyclic) bond motifs is 2. The second-order valence-corrected chi connectivity index (χ2v) is 6.81. The zero-order valence-corrected chi connectivity index (χ0v) is 12.5. The van der Waals surface area contributed by atoms with Crippen molar-refractivity contribution in [2.45, 2.75) is 24.9 Å². The van der Waals surface area contributed by atoms with Crippen molar-refractivity contribution in [2.75, 3.05) is 5.73 Å². The van der Waals surface area contributed by atoms with Crippen LogP contribution in [0.4, 0.5) is 5.13 Å². The molecule has 2 aliphatic rings. The van der Waals surface area contributed by atoms with Gasteiger partial charge in [0.1, 0.15) is 5.66 Å². The monoisotopic (exact) mass is 314 g/mol. The van der Waals surface area contributed by atoms with E-state index in [0.29, 0.717) is 35.5 Å². The van der Waals surface area contributed by atoms with Crippen LogP contribution in [0, 0.1) is 0 Å². The second kappa shape index (κ2) is 4.37. The first kappa shape index (κ1) is 13.4. The lowest BCUT2D eigenvalue weighted by atomic mass is 9.90. The molecule has 1 aromatic heterocycles. The highest BCUT2D eigenvalue weighted by molar-refractivity contribution is 7.15. The number of rotatable bonds is 1. The van der Waals surface area contributed by atoms with E-state index in [1.165, 1.54) is 16.2 Å². The molecule has 1 aliphatic heterocycles. The number of hydrogen-bond donors (Lipinski definition) is 2. The number of aryl methyl sites for hydroxylation is 1. The average Bonchev–Trinajstić information content (AvgIpc) is 2.97. The number of carbonyl (C=O) groups excluding carboxylic acids is 2. The van der Waals surface area contributed by atoms with Gasteiger partial charge in [-0.15, -0.1) is 11.3 Å². The van der Waals surface area contributed by atoms with Crippen LogP contribution < -0.4 is 11.5 Å². The van der Waals surface area contributed by atoms with Crippen molar-refractivity contribution < 1.29 is 9.59 Å². The topological polar surface area (TPSA) is 102 Å². The van der Waals surface area contributed by atoms with Crippen LogP contribution in [0.25, 0.3) is 0 Å². The first-order valence-electron chi connectivity index (χ1n) is 7.00. The quantitative estimate of drug-likeness (QED) is 0.769. The fourth-order valence-electron chi connectivity index (χ4n) is 3.22. The molecule has 0 fully saturated rings. The van der Waals surface area contributed by atoms with Gasteiger partial charge in [-0.2, -0.15) is 0 Å². The second-order valence-electron chi connectivity index (χ2n) is 5.69. The highest BCUT2D eigenvalue weighted by Gasteiger charge is 2.48. The predicted octanol–water partition coefficient (Wildman–Crippen LogP) is 1.17. The van der Waals surface area contributed by atoms with E-state index in [4.69, 9.17) is 11.5 Å². The van der Waals surface area contributed by atoms with E-state index >= 15 is 0 Å². The van der Waals surface area contributed by atoms with Gasteiger partial charge in [-0.3, -0.25) is 14.5 Å². The smallest absolute Gasteiger partial charge is 0.263 e. The number of thiazole rings is 1. The van der Waals surface area contributed by atoms with Crippen LogP contribution in [0.3, 0.4) is 0 Å². The molecule has 0 bridgehead atoms. The number of nitrogens with two attached hydrogens (primary N) is 2. The van der Waals surface area contributed by atoms with E-state index in [1.54, 1.807) is 24.3 Å². The van der Waals surface area contributed by atoms with E-state index in [-0.39, 0.29) is 11.8 Å². The van der Waals surface area contributed by atoms with Crippen molar-refractivity contribution in [3.8, 4) is 0 Å². The summed E-state index contributed by atoms with van der Waals surface area (Å²) in [7, 11) is 0. The SMILES string of the molecule is Nc1nc2c(s1)CC(N)(N1C(=O)c3ccccc3C1=O)CC2. The average molecular weight is 314 g/mol. The number of anilines is 1. The number of imide groups is 1. The molecule has 1 unspecified atom stereocenters. The number of carbonyl (C=O) groups is 2. The van der Waals surface area contributed by atoms with Gasteiger partial charge in [0.15, 0.2) is 5.13 Å². The minimum absolute atomic E-state index is 0.316. The molecule has 7 heteroatoms. The molecular formula is C15H14N4O2S. The largest absolute Gasteiger partial charge is 0.375 e. The standard InChI is InChI=1S/C15H14N4O2S/c16-14-18-10-5-6-15(17,7-11(10)22-14)19-12(20)8-3-1-2-4-9(8)13(19)21/h1-4H,5-7,17H2,(H2,16,18). The summed E-state index contributed by atoms with van der Waals surface area (Å²) in [5, 5.41) is 0.497. The summed E-state index contributed by atoms with van der Waals surface area (Å²) in [6, 6.07) is 6.83. The highest BCUT2D eigenvalue weighted by Crippen LogP contribution is 2.37. The summed E-state index contributed by atoms with van der Waals surface area (Å²) in [6.07, 6.45) is 1.52. The summed E-state index contributed by atoms with van der Waals surface area (Å²) in [5.41, 5.74) is 13.0. The Morgan fingerprint density at radius 1 is 1.18 bits per heavy atom. The number of aromatic nitrogens is 1. The van der Waals surface area contributed by atoms with E-state index in [2.05, 4.69) is 4.98 Å². The van der Waals surface area contributed by atoms with Crippen molar-refractivity contribution in [1.82, 2.24) is 9.88 Å². The van der Waals surface area contributed by atoms with E-state index in [1.807, 2.05) is 0 Å². The number of benzene rings is 1. The Morgan fingerprint density at radius 2 is 1.82 bits per heavy atom. The van der Waals surface area contributed by atoms with Gasteiger partial charge in [-0.1, -0.05) is 12.1 Å². The first-order valence-corrected chi connectivity index (χ1v) is 7.82. The molecule has 0 saturated heterocycles. The van der Waals surface area contributed by atoms with Gasteiger partial charge in [-0.25, -0.2) is 4.98 Å². The molecule has 22 heavy (non-hydrogen) atoms. The Hall–Kier alpha value is -2.25. The van der Waals surface area contributed by atoms with Crippen molar-refractivity contribution in [1.29, 1.82) is 0 Å². The van der Waals surface area contributed by atoms with Gasteiger partial charge in [0.25, 0.3) is 11.8 Å². The maximum absolute atomic E-state index is 12.6. The van der Waals surface area contributed by atoms with Crippen LogP contribution in [0.1, 0.15) is 37.7 Å². The number of amides is 2. The Bertz CT molecular complexity index is 781. The summed E-state index contributed by atoms with van der Waals surface area (Å²) in [5.74, 6) is -0.631. The molecule has 1 atom stereocenters. The fraction of sp³-hybridized carbons (Fsp3) is 0.267. The van der Waals surface area contributed by atoms with Crippen LogP contribution in [-0.2, 0) is 12.8 Å². The molecule has 2 heterocycles. The fourth-order valence-corrected chi connectivity index (χ4v) is 4.22. The minimum Gasteiger partial charge on any atom is -0.375 e. The van der Waals surface area contributed by atoms with Crippen molar-refractivity contribution in [3.63, 3.8) is 0 Å². The Balaban J connectivity index is 1.74. The lowest BCUT2D eigenvalue weighted by Gasteiger charge is -2.39. The van der Waals surface area contributed by atoms with E-state index in [0.717, 1.165) is 10.6 Å². The van der Waals surface area contributed by atoms with Crippen LogP contribution in [0.15, 0.2) is 24.3 Å². The molecule has 2 amide bonds. The van der Waals surface area contributed by atoms with Crippen LogP contribution in [0.5, 0.6) is 0 Å². The first-order chi connectivity index (χ1) is 10.5. The van der Waals surface area contributed by atoms with Crippen LogP contribution in [-0.4, -0.2) is 27.4 Å². The van der Waals surface area contributed by atoms with Gasteiger partial charge in [0, 0.05) is 11.3 Å². The Morgan fingerprint density at radius 3 is 2.45 bits per heavy atom. The number of nitrogens with zero attached hydrogens (tertiary/aromatic N) is 2. The Labute approximate surface area is 130 Å². The molecule has 0 radical (unpaired) electrons. The van der Waals surface area contributed by atoms with Gasteiger partial charge < -0.3 is 11.5 Å². The summed E-state index contributed by atoms with van der Waals surface area (Å²) in [6.45, 7) is 0. The summed E-state index contributed by atoms with van der Waals surface area (Å²) >= 11 is 1.37. The van der Waals surface area contributed by atoms with Crippen molar-refractivity contribution >= 4 is 28.3 Å². The normalized spacial score (nSPS) is 23.6. The maximum Gasteiger partial charge on any atom is 0.263 e. The third-order valence-electron chi connectivity index (χ3n) is 4.30. The number of hydrogen-bond acceptors (Lipinski definition) is 6. The molecular weight excluding hydrogens is 300 g/mol. The van der Waals surface area contributed by atoms with Crippen molar-refractivity contribution in [3.05, 3.63) is 46.0 Å². The van der Waals surface area contributed by atoms with Gasteiger partial charge in [0.05, 0.1) is 16.8 Å². The molecule has 0 saturated carbocycles. The zero-order valence-electron chi connectivity index (χ0n) is 11.7. The van der Waals surface area contributed by atoms with Crippen LogP contribution >= 0.6 is 11.3 Å². The van der Waals surface area contributed by atoms with Gasteiger partial charge >= 0.3 is 0 Å². The molecule has 0 spiro atoms. The molecule has 4 N–H and O–H groups in total. The lowest BCUT2D eigenvalue weighted by Crippen LogP contribution is -2.61. The predicted molar refractivity (Wildman–Crippen MR) is 82.4 cm³/mol. The van der Waals surface area contributed by atoms with E-state index < -0.39 is 5.66 Å². The van der Waals surface area contributed by atoms with Gasteiger partial charge in [0.2, 0.25) is 0 Å². The molecule has 1 aliphatic carbocycles. The maximum atomic E-state index is 12.6. The highest BCUT2D eigenvalue weighted by atomic mass is 32.1. The zero-order chi connectivity index (χ0) is 15.5. The summed E-state index contributed by atoms with van der Waals surface area (Å²) < 4.78 is 0. The molecule has 2 aromatic rings. The third kappa shape index (κ3) is 1.72.